The molecule has 1 aliphatic rings. The third-order valence-corrected chi connectivity index (χ3v) is 5.87. The summed E-state index contributed by atoms with van der Waals surface area (Å²) in [6.07, 6.45) is 4.93. The van der Waals surface area contributed by atoms with Gasteiger partial charge in [0, 0.05) is 11.3 Å². The predicted molar refractivity (Wildman–Crippen MR) is 93.0 cm³/mol. The van der Waals surface area contributed by atoms with Crippen LogP contribution in [0.2, 0.25) is 5.15 Å². The molecule has 1 aromatic rings. The summed E-state index contributed by atoms with van der Waals surface area (Å²) >= 11 is 9.87. The van der Waals surface area contributed by atoms with Crippen LogP contribution >= 0.6 is 27.5 Å². The maximum absolute atomic E-state index is 6.33. The highest BCUT2D eigenvalue weighted by Crippen LogP contribution is 2.40. The van der Waals surface area contributed by atoms with Crippen LogP contribution in [0.5, 0.6) is 0 Å². The van der Waals surface area contributed by atoms with E-state index < -0.39 is 0 Å². The molecule has 1 aromatic heterocycles. The molecule has 1 saturated carbocycles. The molecule has 0 amide bonds. The Kier molecular flexibility index (Phi) is 5.36. The topological polar surface area (TPSA) is 25.8 Å². The molecular formula is C17H26BrClN2. The molecule has 1 fully saturated rings. The van der Waals surface area contributed by atoms with Gasteiger partial charge in [-0.25, -0.2) is 9.97 Å². The van der Waals surface area contributed by atoms with E-state index in [9.17, 15) is 0 Å². The molecule has 0 radical (unpaired) electrons. The first kappa shape index (κ1) is 17.2. The lowest BCUT2D eigenvalue weighted by Gasteiger charge is -2.31. The molecule has 2 nitrogen and oxygen atoms in total. The fourth-order valence-corrected chi connectivity index (χ4v) is 4.11. The molecule has 118 valence electrons. The summed E-state index contributed by atoms with van der Waals surface area (Å²) in [6, 6.07) is 0. The Labute approximate surface area is 142 Å². The molecule has 4 heteroatoms. The monoisotopic (exact) mass is 372 g/mol. The van der Waals surface area contributed by atoms with Crippen LogP contribution in [0.25, 0.3) is 0 Å². The van der Waals surface area contributed by atoms with E-state index in [1.807, 2.05) is 0 Å². The minimum Gasteiger partial charge on any atom is -0.236 e. The number of nitrogens with zero attached hydrogens (tertiary/aromatic N) is 2. The predicted octanol–water partition coefficient (Wildman–Crippen LogP) is 6.12. The van der Waals surface area contributed by atoms with Gasteiger partial charge in [-0.2, -0.15) is 0 Å². The summed E-state index contributed by atoms with van der Waals surface area (Å²) < 4.78 is 0.844. The van der Waals surface area contributed by atoms with Gasteiger partial charge in [-0.1, -0.05) is 46.2 Å². The molecule has 1 heterocycles. The normalized spacial score (nSPS) is 23.6. The third kappa shape index (κ3) is 3.98. The van der Waals surface area contributed by atoms with Crippen LogP contribution in [-0.4, -0.2) is 9.97 Å². The number of aromatic nitrogens is 2. The van der Waals surface area contributed by atoms with Crippen LogP contribution in [0.15, 0.2) is 4.47 Å². The fourth-order valence-electron chi connectivity index (χ4n) is 3.16. The van der Waals surface area contributed by atoms with Gasteiger partial charge in [0.15, 0.2) is 0 Å². The highest BCUT2D eigenvalue weighted by Gasteiger charge is 2.29. The molecule has 0 saturated heterocycles. The zero-order valence-corrected chi connectivity index (χ0v) is 16.1. The van der Waals surface area contributed by atoms with Gasteiger partial charge in [0.2, 0.25) is 0 Å². The van der Waals surface area contributed by atoms with Crippen LogP contribution in [0.3, 0.4) is 0 Å². The number of rotatable bonds is 2. The molecule has 0 N–H and O–H groups in total. The average molecular weight is 374 g/mol. The van der Waals surface area contributed by atoms with E-state index in [0.717, 1.165) is 27.8 Å². The lowest BCUT2D eigenvalue weighted by atomic mass is 9.76. The summed E-state index contributed by atoms with van der Waals surface area (Å²) in [5, 5.41) is 0.552. The lowest BCUT2D eigenvalue weighted by Crippen LogP contribution is -2.22. The largest absolute Gasteiger partial charge is 0.236 e. The van der Waals surface area contributed by atoms with Crippen LogP contribution in [0.1, 0.15) is 77.7 Å². The van der Waals surface area contributed by atoms with E-state index in [2.05, 4.69) is 55.5 Å². The molecule has 2 rings (SSSR count). The van der Waals surface area contributed by atoms with Crippen molar-refractivity contribution in [3.8, 4) is 0 Å². The minimum absolute atomic E-state index is 0.0324. The van der Waals surface area contributed by atoms with Gasteiger partial charge >= 0.3 is 0 Å². The molecule has 0 bridgehead atoms. The van der Waals surface area contributed by atoms with Crippen molar-refractivity contribution in [2.45, 2.75) is 71.6 Å². The molecule has 0 aliphatic heterocycles. The van der Waals surface area contributed by atoms with Gasteiger partial charge in [-0.15, -0.1) is 0 Å². The van der Waals surface area contributed by atoms with E-state index in [1.54, 1.807) is 0 Å². The Balaban J connectivity index is 2.24. The van der Waals surface area contributed by atoms with Crippen LogP contribution in [0, 0.1) is 11.8 Å². The molecule has 0 unspecified atom stereocenters. The quantitative estimate of drug-likeness (QED) is 0.583. The second-order valence-corrected chi connectivity index (χ2v) is 8.79. The first-order chi connectivity index (χ1) is 9.70. The van der Waals surface area contributed by atoms with Gasteiger partial charge in [-0.3, -0.25) is 0 Å². The van der Waals surface area contributed by atoms with E-state index in [-0.39, 0.29) is 5.41 Å². The van der Waals surface area contributed by atoms with Crippen LogP contribution in [-0.2, 0) is 5.41 Å². The summed E-state index contributed by atoms with van der Waals surface area (Å²) in [4.78, 5) is 9.40. The van der Waals surface area contributed by atoms with Crippen molar-refractivity contribution in [2.24, 2.45) is 11.8 Å². The zero-order valence-electron chi connectivity index (χ0n) is 13.7. The molecule has 0 aromatic carbocycles. The van der Waals surface area contributed by atoms with Crippen molar-refractivity contribution >= 4 is 27.5 Å². The van der Waals surface area contributed by atoms with Gasteiger partial charge in [0.05, 0.1) is 10.2 Å². The Bertz CT molecular complexity index is 500. The Morgan fingerprint density at radius 3 is 2.14 bits per heavy atom. The number of hydrogen-bond donors (Lipinski definition) is 0. The van der Waals surface area contributed by atoms with E-state index in [4.69, 9.17) is 16.6 Å². The average Bonchev–Trinajstić information content (AvgIpc) is 2.40. The van der Waals surface area contributed by atoms with E-state index >= 15 is 0 Å². The van der Waals surface area contributed by atoms with Crippen molar-refractivity contribution in [2.75, 3.05) is 0 Å². The van der Waals surface area contributed by atoms with Crippen molar-refractivity contribution in [3.63, 3.8) is 0 Å². The molecular weight excluding hydrogens is 348 g/mol. The third-order valence-electron chi connectivity index (χ3n) is 4.62. The Hall–Kier alpha value is -0.150. The molecule has 0 atom stereocenters. The minimum atomic E-state index is -0.0324. The highest BCUT2D eigenvalue weighted by molar-refractivity contribution is 9.10. The maximum atomic E-state index is 6.33. The summed E-state index contributed by atoms with van der Waals surface area (Å²) in [5.41, 5.74) is 0.985. The highest BCUT2D eigenvalue weighted by atomic mass is 79.9. The van der Waals surface area contributed by atoms with Crippen LogP contribution in [0.4, 0.5) is 0 Å². The standard InChI is InChI=1S/C17H26BrClN2/c1-10(2)11-6-8-12(9-7-11)16-20-14(17(3,4)5)13(18)15(19)21-16/h10-12H,6-9H2,1-5H3. The first-order valence-electron chi connectivity index (χ1n) is 7.93. The van der Waals surface area contributed by atoms with Crippen molar-refractivity contribution in [1.29, 1.82) is 0 Å². The second kappa shape index (κ2) is 6.54. The Morgan fingerprint density at radius 1 is 1.10 bits per heavy atom. The molecule has 1 aliphatic carbocycles. The van der Waals surface area contributed by atoms with Gasteiger partial charge in [0.1, 0.15) is 11.0 Å². The summed E-state index contributed by atoms with van der Waals surface area (Å²) in [5.74, 6) is 3.04. The maximum Gasteiger partial charge on any atom is 0.147 e. The smallest absolute Gasteiger partial charge is 0.147 e. The van der Waals surface area contributed by atoms with Crippen molar-refractivity contribution in [3.05, 3.63) is 21.1 Å². The van der Waals surface area contributed by atoms with E-state index in [1.165, 1.54) is 25.7 Å². The lowest BCUT2D eigenvalue weighted by molar-refractivity contribution is 0.254. The van der Waals surface area contributed by atoms with E-state index in [0.29, 0.717) is 11.1 Å². The van der Waals surface area contributed by atoms with Crippen LogP contribution < -0.4 is 0 Å². The number of hydrogen-bond acceptors (Lipinski definition) is 2. The molecule has 0 spiro atoms. The number of halogens is 2. The summed E-state index contributed by atoms with van der Waals surface area (Å²) in [7, 11) is 0. The molecule has 21 heavy (non-hydrogen) atoms. The van der Waals surface area contributed by atoms with Gasteiger partial charge in [-0.05, 0) is 53.4 Å². The fraction of sp³-hybridized carbons (Fsp3) is 0.765. The SMILES string of the molecule is CC(C)C1CCC(c2nc(Cl)c(Br)c(C(C)(C)C)n2)CC1. The Morgan fingerprint density at radius 2 is 1.67 bits per heavy atom. The second-order valence-electron chi connectivity index (χ2n) is 7.64. The van der Waals surface area contributed by atoms with Crippen molar-refractivity contribution in [1.82, 2.24) is 9.97 Å². The van der Waals surface area contributed by atoms with Crippen molar-refractivity contribution < 1.29 is 0 Å². The van der Waals surface area contributed by atoms with Gasteiger partial charge < -0.3 is 0 Å². The zero-order chi connectivity index (χ0) is 15.8. The first-order valence-corrected chi connectivity index (χ1v) is 9.10. The summed E-state index contributed by atoms with van der Waals surface area (Å²) in [6.45, 7) is 11.1. The van der Waals surface area contributed by atoms with Gasteiger partial charge in [0.25, 0.3) is 0 Å².